The predicted molar refractivity (Wildman–Crippen MR) is 94.0 cm³/mol. The van der Waals surface area contributed by atoms with Crippen LogP contribution in [0.2, 0.25) is 0 Å². The zero-order valence-electron chi connectivity index (χ0n) is 13.3. The molecule has 1 aliphatic heterocycles. The van der Waals surface area contributed by atoms with Gasteiger partial charge in [0.2, 0.25) is 5.91 Å². The Hall–Kier alpha value is -2.94. The number of benzene rings is 1. The molecule has 2 amide bonds. The van der Waals surface area contributed by atoms with Gasteiger partial charge in [-0.2, -0.15) is 0 Å². The topological polar surface area (TPSA) is 110 Å². The largest absolute Gasteiger partial charge is 0.366 e. The molecule has 9 heteroatoms. The molecule has 0 atom stereocenters. The van der Waals surface area contributed by atoms with Crippen LogP contribution in [-0.2, 0) is 0 Å². The van der Waals surface area contributed by atoms with E-state index in [1.54, 1.807) is 11.0 Å². The molecule has 8 nitrogen and oxygen atoms in total. The third kappa shape index (κ3) is 3.45. The molecule has 130 valence electrons. The number of nitro benzene ring substituents is 1. The maximum atomic E-state index is 12.4. The van der Waals surface area contributed by atoms with Crippen molar-refractivity contribution >= 4 is 34.5 Å². The zero-order valence-corrected chi connectivity index (χ0v) is 14.1. The van der Waals surface area contributed by atoms with E-state index in [0.29, 0.717) is 36.7 Å². The maximum Gasteiger partial charge on any atom is 0.293 e. The fraction of sp³-hybridized carbons (Fsp3) is 0.250. The van der Waals surface area contributed by atoms with Gasteiger partial charge in [-0.3, -0.25) is 19.7 Å². The molecule has 1 saturated heterocycles. The van der Waals surface area contributed by atoms with E-state index in [4.69, 9.17) is 5.73 Å². The van der Waals surface area contributed by atoms with E-state index in [1.807, 2.05) is 16.3 Å². The zero-order chi connectivity index (χ0) is 18.0. The van der Waals surface area contributed by atoms with Crippen LogP contribution in [0.5, 0.6) is 0 Å². The molecule has 3 rings (SSSR count). The molecule has 0 saturated carbocycles. The van der Waals surface area contributed by atoms with Gasteiger partial charge < -0.3 is 15.5 Å². The van der Waals surface area contributed by atoms with Crippen LogP contribution in [-0.4, -0.2) is 47.8 Å². The van der Waals surface area contributed by atoms with Gasteiger partial charge in [0.25, 0.3) is 11.6 Å². The minimum Gasteiger partial charge on any atom is -0.366 e. The minimum atomic E-state index is -0.707. The fourth-order valence-corrected chi connectivity index (χ4v) is 3.49. The molecule has 0 unspecified atom stereocenters. The predicted octanol–water partition coefficient (Wildman–Crippen LogP) is 1.72. The molecule has 25 heavy (non-hydrogen) atoms. The summed E-state index contributed by atoms with van der Waals surface area (Å²) in [7, 11) is 0. The number of carbonyl (C=O) groups is 2. The third-order valence-electron chi connectivity index (χ3n) is 4.10. The number of nitro groups is 1. The Morgan fingerprint density at radius 3 is 2.44 bits per heavy atom. The van der Waals surface area contributed by atoms with Gasteiger partial charge in [0, 0.05) is 37.8 Å². The Kier molecular flexibility index (Phi) is 4.66. The highest BCUT2D eigenvalue weighted by Gasteiger charge is 2.27. The number of piperazine rings is 1. The number of anilines is 1. The Morgan fingerprint density at radius 1 is 1.16 bits per heavy atom. The second-order valence-electron chi connectivity index (χ2n) is 5.58. The van der Waals surface area contributed by atoms with E-state index in [-0.39, 0.29) is 17.2 Å². The van der Waals surface area contributed by atoms with Crippen LogP contribution in [0.4, 0.5) is 11.4 Å². The Balaban J connectivity index is 1.75. The number of thiophene rings is 1. The quantitative estimate of drug-likeness (QED) is 0.659. The van der Waals surface area contributed by atoms with Crippen molar-refractivity contribution in [1.82, 2.24) is 4.90 Å². The molecule has 1 aliphatic rings. The highest BCUT2D eigenvalue weighted by molar-refractivity contribution is 7.12. The van der Waals surface area contributed by atoms with Gasteiger partial charge in [-0.05, 0) is 23.6 Å². The first-order valence-electron chi connectivity index (χ1n) is 7.63. The number of amides is 2. The number of hydrogen-bond donors (Lipinski definition) is 1. The standard InChI is InChI=1S/C16H16N4O4S/c17-15(21)11-3-4-12(13(10-11)20(23)24)18-5-7-19(8-6-18)16(22)14-2-1-9-25-14/h1-4,9-10H,5-8H2,(H2,17,21). The van der Waals surface area contributed by atoms with E-state index in [1.165, 1.54) is 29.5 Å². The van der Waals surface area contributed by atoms with Crippen molar-refractivity contribution in [1.29, 1.82) is 0 Å². The van der Waals surface area contributed by atoms with E-state index >= 15 is 0 Å². The van der Waals surface area contributed by atoms with Gasteiger partial charge in [-0.1, -0.05) is 6.07 Å². The second-order valence-corrected chi connectivity index (χ2v) is 6.53. The molecule has 0 spiro atoms. The average Bonchev–Trinajstić information content (AvgIpc) is 3.15. The van der Waals surface area contributed by atoms with Gasteiger partial charge in [0.15, 0.2) is 0 Å². The number of nitrogens with two attached hydrogens (primary N) is 1. The van der Waals surface area contributed by atoms with Gasteiger partial charge in [0.05, 0.1) is 9.80 Å². The van der Waals surface area contributed by atoms with E-state index in [0.717, 1.165) is 0 Å². The highest BCUT2D eigenvalue weighted by Crippen LogP contribution is 2.30. The summed E-state index contributed by atoms with van der Waals surface area (Å²) in [5.41, 5.74) is 5.56. The molecule has 1 aromatic carbocycles. The smallest absolute Gasteiger partial charge is 0.293 e. The Labute approximate surface area is 147 Å². The first-order valence-corrected chi connectivity index (χ1v) is 8.51. The van der Waals surface area contributed by atoms with Crippen LogP contribution in [0.15, 0.2) is 35.7 Å². The van der Waals surface area contributed by atoms with Crippen LogP contribution in [0.1, 0.15) is 20.0 Å². The molecular formula is C16H16N4O4S. The number of hydrogen-bond acceptors (Lipinski definition) is 6. The Bertz CT molecular complexity index is 814. The summed E-state index contributed by atoms with van der Waals surface area (Å²) in [5.74, 6) is -0.728. The summed E-state index contributed by atoms with van der Waals surface area (Å²) >= 11 is 1.39. The highest BCUT2D eigenvalue weighted by atomic mass is 32.1. The summed E-state index contributed by atoms with van der Waals surface area (Å²) in [6.45, 7) is 1.92. The first kappa shape index (κ1) is 16.9. The minimum absolute atomic E-state index is 0.0202. The van der Waals surface area contributed by atoms with Gasteiger partial charge in [-0.25, -0.2) is 0 Å². The molecule has 0 aliphatic carbocycles. The molecule has 1 aromatic heterocycles. The molecule has 2 aromatic rings. The van der Waals surface area contributed by atoms with Crippen molar-refractivity contribution in [3.8, 4) is 0 Å². The number of nitrogens with zero attached hydrogens (tertiary/aromatic N) is 3. The summed E-state index contributed by atoms with van der Waals surface area (Å²) in [5, 5.41) is 13.2. The molecule has 0 bridgehead atoms. The summed E-state index contributed by atoms with van der Waals surface area (Å²) in [4.78, 5) is 38.7. The molecular weight excluding hydrogens is 344 g/mol. The summed E-state index contributed by atoms with van der Waals surface area (Å²) < 4.78 is 0. The van der Waals surface area contributed by atoms with Gasteiger partial charge in [0.1, 0.15) is 5.69 Å². The first-order chi connectivity index (χ1) is 12.0. The average molecular weight is 360 g/mol. The number of primary amides is 1. The maximum absolute atomic E-state index is 12.4. The van der Waals surface area contributed by atoms with Crippen LogP contribution in [0.25, 0.3) is 0 Å². The monoisotopic (exact) mass is 360 g/mol. The van der Waals surface area contributed by atoms with Crippen LogP contribution in [0, 0.1) is 10.1 Å². The Morgan fingerprint density at radius 2 is 1.88 bits per heavy atom. The third-order valence-corrected chi connectivity index (χ3v) is 4.95. The second kappa shape index (κ2) is 6.89. The van der Waals surface area contributed by atoms with Gasteiger partial charge >= 0.3 is 0 Å². The van der Waals surface area contributed by atoms with E-state index in [9.17, 15) is 19.7 Å². The molecule has 2 heterocycles. The van der Waals surface area contributed by atoms with Gasteiger partial charge in [-0.15, -0.1) is 11.3 Å². The lowest BCUT2D eigenvalue weighted by molar-refractivity contribution is -0.384. The molecule has 0 radical (unpaired) electrons. The van der Waals surface area contributed by atoms with Crippen molar-refractivity contribution in [2.75, 3.05) is 31.1 Å². The SMILES string of the molecule is NC(=O)c1ccc(N2CCN(C(=O)c3cccs3)CC2)c([N+](=O)[O-])c1. The summed E-state index contributed by atoms with van der Waals surface area (Å²) in [6, 6.07) is 7.83. The normalized spacial score (nSPS) is 14.4. The summed E-state index contributed by atoms with van der Waals surface area (Å²) in [6.07, 6.45) is 0. The van der Waals surface area contributed by atoms with Crippen LogP contribution < -0.4 is 10.6 Å². The van der Waals surface area contributed by atoms with E-state index < -0.39 is 10.8 Å². The van der Waals surface area contributed by atoms with Crippen molar-refractivity contribution in [3.05, 3.63) is 56.3 Å². The molecule has 2 N–H and O–H groups in total. The van der Waals surface area contributed by atoms with Crippen molar-refractivity contribution < 1.29 is 14.5 Å². The fourth-order valence-electron chi connectivity index (χ4n) is 2.80. The van der Waals surface area contributed by atoms with Crippen LogP contribution in [0.3, 0.4) is 0 Å². The van der Waals surface area contributed by atoms with E-state index in [2.05, 4.69) is 0 Å². The van der Waals surface area contributed by atoms with Crippen molar-refractivity contribution in [2.24, 2.45) is 5.73 Å². The van der Waals surface area contributed by atoms with Crippen LogP contribution >= 0.6 is 11.3 Å². The molecule has 1 fully saturated rings. The van der Waals surface area contributed by atoms with Crippen molar-refractivity contribution in [2.45, 2.75) is 0 Å². The lowest BCUT2D eigenvalue weighted by Crippen LogP contribution is -2.48. The lowest BCUT2D eigenvalue weighted by Gasteiger charge is -2.35. The lowest BCUT2D eigenvalue weighted by atomic mass is 10.1. The number of rotatable bonds is 4. The number of carbonyl (C=O) groups excluding carboxylic acids is 2. The van der Waals surface area contributed by atoms with Crippen molar-refractivity contribution in [3.63, 3.8) is 0 Å².